The Morgan fingerprint density at radius 1 is 1.13 bits per heavy atom. The Morgan fingerprint density at radius 3 is 2.52 bits per heavy atom. The van der Waals surface area contributed by atoms with Gasteiger partial charge in [0.05, 0.1) is 13.7 Å². The summed E-state index contributed by atoms with van der Waals surface area (Å²) in [5, 5.41) is 9.24. The fourth-order valence-corrected chi connectivity index (χ4v) is 2.02. The minimum absolute atomic E-state index is 0.128. The molecule has 2 aromatic carbocycles. The molecular weight excluding hydrogens is 292 g/mol. The van der Waals surface area contributed by atoms with Gasteiger partial charge < -0.3 is 14.6 Å². The van der Waals surface area contributed by atoms with Gasteiger partial charge in [-0.3, -0.25) is 4.79 Å². The number of methoxy groups -OCH3 is 1. The molecule has 0 saturated heterocycles. The average molecular weight is 312 g/mol. The molecule has 0 aliphatic rings. The number of rotatable bonds is 7. The monoisotopic (exact) mass is 312 g/mol. The number of carbonyl (C=O) groups excluding carboxylic acids is 1. The fraction of sp³-hybridized carbons (Fsp3) is 0.211. The van der Waals surface area contributed by atoms with Crippen molar-refractivity contribution in [1.29, 1.82) is 0 Å². The van der Waals surface area contributed by atoms with Gasteiger partial charge in [0.1, 0.15) is 5.75 Å². The predicted octanol–water partition coefficient (Wildman–Crippen LogP) is 4.09. The van der Waals surface area contributed by atoms with Gasteiger partial charge in [0.25, 0.3) is 0 Å². The van der Waals surface area contributed by atoms with Crippen molar-refractivity contribution in [2.75, 3.05) is 13.7 Å². The van der Waals surface area contributed by atoms with Gasteiger partial charge in [0.15, 0.2) is 17.3 Å². The van der Waals surface area contributed by atoms with Crippen molar-refractivity contribution >= 4 is 11.9 Å². The molecular formula is C19H20O4. The van der Waals surface area contributed by atoms with E-state index in [0.717, 1.165) is 12.0 Å². The number of phenolic OH excluding ortho intramolecular Hbond substituents is 1. The normalized spacial score (nSPS) is 10.7. The Labute approximate surface area is 136 Å². The maximum Gasteiger partial charge on any atom is 0.185 e. The van der Waals surface area contributed by atoms with E-state index in [4.69, 9.17) is 9.47 Å². The van der Waals surface area contributed by atoms with Crippen LogP contribution in [0.5, 0.6) is 17.2 Å². The Morgan fingerprint density at radius 2 is 1.87 bits per heavy atom. The van der Waals surface area contributed by atoms with Crippen LogP contribution in [0.25, 0.3) is 6.08 Å². The van der Waals surface area contributed by atoms with Gasteiger partial charge in [0, 0.05) is 5.56 Å². The first-order valence-electron chi connectivity index (χ1n) is 7.46. The van der Waals surface area contributed by atoms with Crippen LogP contribution < -0.4 is 9.47 Å². The van der Waals surface area contributed by atoms with Gasteiger partial charge >= 0.3 is 0 Å². The number of ether oxygens (including phenoxy) is 2. The van der Waals surface area contributed by atoms with Gasteiger partial charge in [0.2, 0.25) is 0 Å². The standard InChI is InChI=1S/C19H20O4/c1-3-12-23-19-13-14(5-11-18(19)22-2)4-10-17(21)15-6-8-16(20)9-7-15/h4-11,13,20H,3,12H2,1-2H3/b10-4+. The van der Waals surface area contributed by atoms with E-state index < -0.39 is 0 Å². The van der Waals surface area contributed by atoms with E-state index in [2.05, 4.69) is 0 Å². The summed E-state index contributed by atoms with van der Waals surface area (Å²) in [6.45, 7) is 2.64. The predicted molar refractivity (Wildman–Crippen MR) is 90.3 cm³/mol. The summed E-state index contributed by atoms with van der Waals surface area (Å²) in [7, 11) is 1.60. The summed E-state index contributed by atoms with van der Waals surface area (Å²) in [4.78, 5) is 12.1. The molecule has 0 aliphatic carbocycles. The van der Waals surface area contributed by atoms with Crippen molar-refractivity contribution in [2.45, 2.75) is 13.3 Å². The number of hydrogen-bond donors (Lipinski definition) is 1. The van der Waals surface area contributed by atoms with E-state index in [1.165, 1.54) is 18.2 Å². The quantitative estimate of drug-likeness (QED) is 0.618. The lowest BCUT2D eigenvalue weighted by molar-refractivity contribution is 0.104. The van der Waals surface area contributed by atoms with Crippen LogP contribution in [0.3, 0.4) is 0 Å². The van der Waals surface area contributed by atoms with Crippen LogP contribution in [-0.4, -0.2) is 24.6 Å². The molecule has 0 aromatic heterocycles. The molecule has 0 atom stereocenters. The van der Waals surface area contributed by atoms with Gasteiger partial charge in [-0.1, -0.05) is 19.1 Å². The highest BCUT2D eigenvalue weighted by molar-refractivity contribution is 6.06. The number of benzene rings is 2. The van der Waals surface area contributed by atoms with Crippen molar-refractivity contribution in [3.05, 3.63) is 59.7 Å². The molecule has 2 rings (SSSR count). The Kier molecular flexibility index (Phi) is 5.80. The van der Waals surface area contributed by atoms with Crippen LogP contribution >= 0.6 is 0 Å². The molecule has 0 amide bonds. The van der Waals surface area contributed by atoms with E-state index in [1.807, 2.05) is 25.1 Å². The lowest BCUT2D eigenvalue weighted by Crippen LogP contribution is -1.98. The average Bonchev–Trinajstić information content (AvgIpc) is 2.58. The zero-order valence-electron chi connectivity index (χ0n) is 13.3. The van der Waals surface area contributed by atoms with E-state index in [9.17, 15) is 9.90 Å². The van der Waals surface area contributed by atoms with Gasteiger partial charge in [-0.05, 0) is 54.5 Å². The molecule has 0 fully saturated rings. The van der Waals surface area contributed by atoms with Crippen LogP contribution in [0.1, 0.15) is 29.3 Å². The zero-order chi connectivity index (χ0) is 16.7. The number of phenols is 1. The molecule has 4 nitrogen and oxygen atoms in total. The molecule has 23 heavy (non-hydrogen) atoms. The first-order chi connectivity index (χ1) is 11.1. The van der Waals surface area contributed by atoms with Gasteiger partial charge in [-0.2, -0.15) is 0 Å². The fourth-order valence-electron chi connectivity index (χ4n) is 2.02. The molecule has 0 bridgehead atoms. The molecule has 0 saturated carbocycles. The molecule has 1 N–H and O–H groups in total. The summed E-state index contributed by atoms with van der Waals surface area (Å²) in [5.74, 6) is 1.34. The Hall–Kier alpha value is -2.75. The van der Waals surface area contributed by atoms with Gasteiger partial charge in [-0.25, -0.2) is 0 Å². The molecule has 0 spiro atoms. The van der Waals surface area contributed by atoms with Crippen LogP contribution in [-0.2, 0) is 0 Å². The summed E-state index contributed by atoms with van der Waals surface area (Å²) >= 11 is 0. The third-order valence-electron chi connectivity index (χ3n) is 3.23. The van der Waals surface area contributed by atoms with Crippen molar-refractivity contribution in [1.82, 2.24) is 0 Å². The second-order valence-corrected chi connectivity index (χ2v) is 5.00. The summed E-state index contributed by atoms with van der Waals surface area (Å²) in [6, 6.07) is 11.7. The SMILES string of the molecule is CCCOc1cc(/C=C/C(=O)c2ccc(O)cc2)ccc1OC. The highest BCUT2D eigenvalue weighted by Crippen LogP contribution is 2.28. The number of hydrogen-bond acceptors (Lipinski definition) is 4. The zero-order valence-corrected chi connectivity index (χ0v) is 13.3. The Balaban J connectivity index is 2.15. The topological polar surface area (TPSA) is 55.8 Å². The maximum atomic E-state index is 12.1. The molecule has 0 aliphatic heterocycles. The number of allylic oxidation sites excluding steroid dienone is 1. The van der Waals surface area contributed by atoms with E-state index in [0.29, 0.717) is 23.7 Å². The minimum Gasteiger partial charge on any atom is -0.508 e. The van der Waals surface area contributed by atoms with Crippen molar-refractivity contribution in [2.24, 2.45) is 0 Å². The first-order valence-corrected chi connectivity index (χ1v) is 7.46. The largest absolute Gasteiger partial charge is 0.508 e. The molecule has 0 radical (unpaired) electrons. The highest BCUT2D eigenvalue weighted by atomic mass is 16.5. The van der Waals surface area contributed by atoms with Crippen molar-refractivity contribution in [3.63, 3.8) is 0 Å². The van der Waals surface area contributed by atoms with E-state index in [-0.39, 0.29) is 11.5 Å². The van der Waals surface area contributed by atoms with Crippen LogP contribution in [0.2, 0.25) is 0 Å². The minimum atomic E-state index is -0.128. The second kappa shape index (κ2) is 8.03. The summed E-state index contributed by atoms with van der Waals surface area (Å²) in [6.07, 6.45) is 4.13. The smallest absolute Gasteiger partial charge is 0.185 e. The Bertz CT molecular complexity index is 687. The van der Waals surface area contributed by atoms with Crippen LogP contribution in [0.15, 0.2) is 48.5 Å². The molecule has 120 valence electrons. The summed E-state index contributed by atoms with van der Waals surface area (Å²) < 4.78 is 10.9. The second-order valence-electron chi connectivity index (χ2n) is 5.00. The van der Waals surface area contributed by atoms with E-state index in [1.54, 1.807) is 25.3 Å². The highest BCUT2D eigenvalue weighted by Gasteiger charge is 2.05. The number of ketones is 1. The molecule has 4 heteroatoms. The molecule has 2 aromatic rings. The lowest BCUT2D eigenvalue weighted by Gasteiger charge is -2.10. The molecule has 0 heterocycles. The van der Waals surface area contributed by atoms with Crippen LogP contribution in [0, 0.1) is 0 Å². The third kappa shape index (κ3) is 4.61. The molecule has 0 unspecified atom stereocenters. The maximum absolute atomic E-state index is 12.1. The van der Waals surface area contributed by atoms with Gasteiger partial charge in [-0.15, -0.1) is 0 Å². The first kappa shape index (κ1) is 16.6. The van der Waals surface area contributed by atoms with Crippen molar-refractivity contribution in [3.8, 4) is 17.2 Å². The number of aromatic hydroxyl groups is 1. The lowest BCUT2D eigenvalue weighted by atomic mass is 10.1. The third-order valence-corrected chi connectivity index (χ3v) is 3.23. The van der Waals surface area contributed by atoms with Crippen molar-refractivity contribution < 1.29 is 19.4 Å². The van der Waals surface area contributed by atoms with Crippen LogP contribution in [0.4, 0.5) is 0 Å². The van der Waals surface area contributed by atoms with E-state index >= 15 is 0 Å². The summed E-state index contributed by atoms with van der Waals surface area (Å²) in [5.41, 5.74) is 1.37. The number of carbonyl (C=O) groups is 1.